The first-order valence-corrected chi connectivity index (χ1v) is 2.31. The molecule has 52 valence electrons. The van der Waals surface area contributed by atoms with Crippen molar-refractivity contribution in [2.45, 2.75) is 0 Å². The van der Waals surface area contributed by atoms with E-state index in [1.54, 1.807) is 0 Å². The molecule has 5 N–H and O–H groups in total. The fourth-order valence-corrected chi connectivity index (χ4v) is 0.203. The topological polar surface area (TPSA) is 88.4 Å². The Labute approximate surface area is 53.3 Å². The predicted molar refractivity (Wildman–Crippen MR) is 34.1 cm³/mol. The minimum Gasteiger partial charge on any atom is -0.367 e. The molecular weight excluding hydrogens is 120 g/mol. The second kappa shape index (κ2) is 3.88. The van der Waals surface area contributed by atoms with Gasteiger partial charge in [0.2, 0.25) is 5.96 Å². The summed E-state index contributed by atoms with van der Waals surface area (Å²) < 4.78 is 0. The Morgan fingerprint density at radius 3 is 2.78 bits per heavy atom. The average Bonchev–Trinajstić information content (AvgIpc) is 1.82. The molecule has 0 atom stereocenters. The monoisotopic (exact) mass is 130 g/mol. The van der Waals surface area contributed by atoms with Crippen LogP contribution in [0.3, 0.4) is 0 Å². The maximum absolute atomic E-state index is 6.70. The van der Waals surface area contributed by atoms with E-state index < -0.39 is 0 Å². The van der Waals surface area contributed by atoms with Crippen LogP contribution >= 0.6 is 0 Å². The fraction of sp³-hybridized carbons (Fsp3) is 0.250. The van der Waals surface area contributed by atoms with E-state index in [9.17, 15) is 0 Å². The summed E-state index contributed by atoms with van der Waals surface area (Å²) in [5.41, 5.74) is 4.90. The van der Waals surface area contributed by atoms with Crippen molar-refractivity contribution in [1.82, 2.24) is 5.17 Å². The van der Waals surface area contributed by atoms with Crippen molar-refractivity contribution in [1.29, 1.82) is 5.41 Å². The lowest BCUT2D eigenvalue weighted by molar-refractivity contribution is -0.0892. The summed E-state index contributed by atoms with van der Waals surface area (Å²) in [5, 5.41) is 7.37. The molecule has 0 radical (unpaired) electrons. The van der Waals surface area contributed by atoms with E-state index in [0.29, 0.717) is 5.17 Å². The van der Waals surface area contributed by atoms with Crippen molar-refractivity contribution < 1.29 is 4.84 Å². The van der Waals surface area contributed by atoms with E-state index in [1.807, 2.05) is 0 Å². The van der Waals surface area contributed by atoms with Crippen LogP contribution in [0.25, 0.3) is 0 Å². The molecule has 5 nitrogen and oxygen atoms in total. The lowest BCUT2D eigenvalue weighted by Gasteiger charge is -2.12. The maximum atomic E-state index is 6.70. The molecule has 9 heavy (non-hydrogen) atoms. The van der Waals surface area contributed by atoms with Gasteiger partial charge < -0.3 is 5.73 Å². The largest absolute Gasteiger partial charge is 0.367 e. The van der Waals surface area contributed by atoms with Crippen LogP contribution in [0.2, 0.25) is 0 Å². The normalized spacial score (nSPS) is 8.56. The molecule has 0 aliphatic carbocycles. The number of rotatable bonds is 3. The van der Waals surface area contributed by atoms with Gasteiger partial charge in [-0.3, -0.25) is 10.2 Å². The van der Waals surface area contributed by atoms with Crippen LogP contribution in [0.15, 0.2) is 12.7 Å². The Kier molecular flexibility index (Phi) is 3.41. The van der Waals surface area contributed by atoms with Gasteiger partial charge in [-0.15, -0.1) is 6.58 Å². The first kappa shape index (κ1) is 7.93. The molecule has 0 aromatic heterocycles. The maximum Gasteiger partial charge on any atom is 0.228 e. The Morgan fingerprint density at radius 1 is 1.89 bits per heavy atom. The van der Waals surface area contributed by atoms with Gasteiger partial charge in [0.1, 0.15) is 0 Å². The molecule has 5 heteroatoms. The van der Waals surface area contributed by atoms with Crippen molar-refractivity contribution in [3.8, 4) is 0 Å². The third-order valence-electron chi connectivity index (χ3n) is 0.569. The van der Waals surface area contributed by atoms with Crippen molar-refractivity contribution in [3.05, 3.63) is 12.7 Å². The smallest absolute Gasteiger partial charge is 0.228 e. The first-order chi connectivity index (χ1) is 4.18. The van der Waals surface area contributed by atoms with Crippen LogP contribution < -0.4 is 11.6 Å². The van der Waals surface area contributed by atoms with Crippen molar-refractivity contribution in [3.63, 3.8) is 0 Å². The van der Waals surface area contributed by atoms with E-state index in [-0.39, 0.29) is 12.6 Å². The molecule has 0 bridgehead atoms. The van der Waals surface area contributed by atoms with Crippen LogP contribution in [0.4, 0.5) is 0 Å². The summed E-state index contributed by atoms with van der Waals surface area (Å²) in [5.74, 6) is 4.68. The fourth-order valence-electron chi connectivity index (χ4n) is 0.203. The Balaban J connectivity index is 3.37. The second-order valence-corrected chi connectivity index (χ2v) is 1.30. The van der Waals surface area contributed by atoms with Crippen LogP contribution in [-0.2, 0) is 4.84 Å². The highest BCUT2D eigenvalue weighted by atomic mass is 16.7. The minimum absolute atomic E-state index is 0.246. The summed E-state index contributed by atoms with van der Waals surface area (Å²) in [7, 11) is 0. The number of hydrogen-bond donors (Lipinski definition) is 3. The van der Waals surface area contributed by atoms with E-state index in [1.165, 1.54) is 6.08 Å². The molecule has 0 rings (SSSR count). The lowest BCUT2D eigenvalue weighted by Crippen LogP contribution is -2.41. The SMILES string of the molecule is C=CCON(N)C(=N)N. The summed E-state index contributed by atoms with van der Waals surface area (Å²) in [6.45, 7) is 3.62. The summed E-state index contributed by atoms with van der Waals surface area (Å²) in [4.78, 5) is 4.60. The minimum atomic E-state index is -0.336. The Hall–Kier alpha value is -1.07. The lowest BCUT2D eigenvalue weighted by atomic mass is 10.7. The molecule has 0 aliphatic rings. The van der Waals surface area contributed by atoms with Gasteiger partial charge in [0, 0.05) is 0 Å². The van der Waals surface area contributed by atoms with Gasteiger partial charge in [-0.1, -0.05) is 6.08 Å². The third-order valence-corrected chi connectivity index (χ3v) is 0.569. The van der Waals surface area contributed by atoms with Gasteiger partial charge in [-0.05, 0) is 0 Å². The van der Waals surface area contributed by atoms with Crippen LogP contribution in [0.1, 0.15) is 0 Å². The zero-order valence-electron chi connectivity index (χ0n) is 5.00. The van der Waals surface area contributed by atoms with Gasteiger partial charge >= 0.3 is 0 Å². The first-order valence-electron chi connectivity index (χ1n) is 2.31. The summed E-state index contributed by atoms with van der Waals surface area (Å²) in [6, 6.07) is 0. The molecule has 0 fully saturated rings. The van der Waals surface area contributed by atoms with E-state index in [0.717, 1.165) is 0 Å². The quantitative estimate of drug-likeness (QED) is 0.153. The predicted octanol–water partition coefficient (Wildman–Crippen LogP) is -0.827. The number of hydroxylamine groups is 1. The Bertz CT molecular complexity index is 113. The molecule has 0 aromatic carbocycles. The number of hydrogen-bond acceptors (Lipinski definition) is 3. The molecule has 0 aliphatic heterocycles. The highest BCUT2D eigenvalue weighted by molar-refractivity contribution is 5.72. The van der Waals surface area contributed by atoms with E-state index in [2.05, 4.69) is 11.4 Å². The van der Waals surface area contributed by atoms with Crippen LogP contribution in [0, 0.1) is 5.41 Å². The van der Waals surface area contributed by atoms with Gasteiger partial charge in [0.25, 0.3) is 0 Å². The van der Waals surface area contributed by atoms with Crippen molar-refractivity contribution >= 4 is 5.96 Å². The average molecular weight is 130 g/mol. The molecule has 0 saturated carbocycles. The molecular formula is C4H10N4O. The van der Waals surface area contributed by atoms with Crippen LogP contribution in [0.5, 0.6) is 0 Å². The van der Waals surface area contributed by atoms with Crippen molar-refractivity contribution in [2.75, 3.05) is 6.61 Å². The molecule has 0 unspecified atom stereocenters. The Morgan fingerprint density at radius 2 is 2.44 bits per heavy atom. The van der Waals surface area contributed by atoms with Gasteiger partial charge in [0.15, 0.2) is 0 Å². The summed E-state index contributed by atoms with van der Waals surface area (Å²) in [6.07, 6.45) is 1.50. The second-order valence-electron chi connectivity index (χ2n) is 1.30. The molecule has 0 aromatic rings. The van der Waals surface area contributed by atoms with E-state index in [4.69, 9.17) is 17.0 Å². The summed E-state index contributed by atoms with van der Waals surface area (Å²) >= 11 is 0. The number of nitrogens with one attached hydrogen (secondary N) is 1. The highest BCUT2D eigenvalue weighted by Gasteiger charge is 1.95. The molecule has 0 saturated heterocycles. The number of nitrogens with zero attached hydrogens (tertiary/aromatic N) is 1. The molecule has 0 heterocycles. The van der Waals surface area contributed by atoms with Gasteiger partial charge in [-0.25, -0.2) is 5.84 Å². The molecule has 0 spiro atoms. The zero-order valence-corrected chi connectivity index (χ0v) is 5.00. The van der Waals surface area contributed by atoms with Gasteiger partial charge in [0.05, 0.1) is 6.61 Å². The highest BCUT2D eigenvalue weighted by Crippen LogP contribution is 1.77. The van der Waals surface area contributed by atoms with Gasteiger partial charge in [-0.2, -0.15) is 5.17 Å². The van der Waals surface area contributed by atoms with Crippen molar-refractivity contribution in [2.24, 2.45) is 11.6 Å². The number of hydrazine groups is 1. The van der Waals surface area contributed by atoms with E-state index >= 15 is 0 Å². The number of nitrogens with two attached hydrogens (primary N) is 2. The standard InChI is InChI=1S/C4H10N4O/c1-2-3-9-8(7)4(5)6/h2H,1,3,7H2,(H3,5,6). The zero-order chi connectivity index (χ0) is 7.28. The van der Waals surface area contributed by atoms with Crippen LogP contribution in [-0.4, -0.2) is 17.7 Å². The third kappa shape index (κ3) is 3.51. The molecule has 0 amide bonds. The number of guanidine groups is 1.